The molecule has 140 valence electrons. The van der Waals surface area contributed by atoms with E-state index in [1.165, 1.54) is 11.0 Å². The van der Waals surface area contributed by atoms with Crippen molar-refractivity contribution >= 4 is 11.8 Å². The standard InChI is InChI=1S/C13H20N4O8/c18-6-7-9(19)10(20)11(21)12(24-7)13(22)14-8-5-17(15-25-8)16-1-3-23-4-2-16/h5,7,9-12,18-21H,1-4,6H2/p+1/t7-,9-,10+,11-,12-/m1/s1. The van der Waals surface area contributed by atoms with E-state index in [1.807, 2.05) is 5.01 Å². The van der Waals surface area contributed by atoms with Crippen molar-refractivity contribution < 1.29 is 44.0 Å². The number of carbonyl (C=O) groups excluding carboxylic acids is 1. The summed E-state index contributed by atoms with van der Waals surface area (Å²) < 4.78 is 15.4. The second-order valence-electron chi connectivity index (χ2n) is 5.79. The van der Waals surface area contributed by atoms with Gasteiger partial charge in [-0.25, -0.2) is 0 Å². The summed E-state index contributed by atoms with van der Waals surface area (Å²) in [6, 6.07) is 0. The zero-order chi connectivity index (χ0) is 18.0. The van der Waals surface area contributed by atoms with Crippen molar-refractivity contribution in [1.29, 1.82) is 0 Å². The molecule has 3 rings (SSSR count). The number of hydrogen-bond acceptors (Lipinski definition) is 10. The van der Waals surface area contributed by atoms with E-state index >= 15 is 0 Å². The van der Waals surface area contributed by atoms with Gasteiger partial charge in [0.25, 0.3) is 12.1 Å². The maximum atomic E-state index is 12.3. The Morgan fingerprint density at radius 2 is 2.00 bits per heavy atom. The second kappa shape index (κ2) is 7.59. The van der Waals surface area contributed by atoms with Gasteiger partial charge in [-0.05, 0) is 0 Å². The molecule has 0 bridgehead atoms. The summed E-state index contributed by atoms with van der Waals surface area (Å²) in [5.41, 5.74) is 0. The summed E-state index contributed by atoms with van der Waals surface area (Å²) in [4.78, 5) is 13.7. The number of rotatable bonds is 4. The third kappa shape index (κ3) is 3.73. The van der Waals surface area contributed by atoms with Crippen LogP contribution in [0.3, 0.4) is 0 Å². The molecule has 0 saturated carbocycles. The van der Waals surface area contributed by atoms with E-state index in [9.17, 15) is 20.1 Å². The van der Waals surface area contributed by atoms with Crippen LogP contribution >= 0.6 is 0 Å². The summed E-state index contributed by atoms with van der Waals surface area (Å²) in [6.07, 6.45) is -6.04. The number of nitrogens with zero attached hydrogens (tertiary/aromatic N) is 3. The highest BCUT2D eigenvalue weighted by atomic mass is 16.6. The number of aliphatic hydroxyl groups is 4. The van der Waals surface area contributed by atoms with Crippen molar-refractivity contribution in [2.24, 2.45) is 0 Å². The molecule has 2 aliphatic heterocycles. The van der Waals surface area contributed by atoms with E-state index in [0.29, 0.717) is 26.3 Å². The fraction of sp³-hybridized carbons (Fsp3) is 0.769. The molecule has 0 radical (unpaired) electrons. The minimum absolute atomic E-state index is 0.00783. The normalized spacial score (nSPS) is 33.3. The van der Waals surface area contributed by atoms with Crippen molar-refractivity contribution in [1.82, 2.24) is 5.27 Å². The lowest BCUT2D eigenvalue weighted by Gasteiger charge is -2.38. The topological polar surface area (TPSA) is 162 Å². The maximum absolute atomic E-state index is 12.3. The van der Waals surface area contributed by atoms with Gasteiger partial charge in [0.05, 0.1) is 37.7 Å². The Morgan fingerprint density at radius 3 is 2.68 bits per heavy atom. The van der Waals surface area contributed by atoms with E-state index < -0.39 is 43.0 Å². The molecular formula is C13H21N4O8+. The molecule has 0 unspecified atom stereocenters. The molecule has 2 aliphatic rings. The fourth-order valence-electron chi connectivity index (χ4n) is 2.70. The highest BCUT2D eigenvalue weighted by Gasteiger charge is 2.46. The Hall–Kier alpha value is -1.83. The van der Waals surface area contributed by atoms with Gasteiger partial charge in [0.15, 0.2) is 6.10 Å². The quantitative estimate of drug-likeness (QED) is 0.332. The highest BCUT2D eigenvalue weighted by Crippen LogP contribution is 2.22. The van der Waals surface area contributed by atoms with Crippen LogP contribution in [0.15, 0.2) is 10.7 Å². The van der Waals surface area contributed by atoms with Crippen LogP contribution in [0.4, 0.5) is 5.88 Å². The van der Waals surface area contributed by atoms with Crippen molar-refractivity contribution in [2.75, 3.05) is 43.2 Å². The molecule has 2 fully saturated rings. The average molecular weight is 361 g/mol. The zero-order valence-electron chi connectivity index (χ0n) is 13.3. The minimum atomic E-state index is -1.66. The Kier molecular flexibility index (Phi) is 5.46. The molecule has 1 aromatic heterocycles. The van der Waals surface area contributed by atoms with Crippen LogP contribution in [-0.2, 0) is 14.3 Å². The van der Waals surface area contributed by atoms with Crippen LogP contribution in [0, 0.1) is 0 Å². The summed E-state index contributed by atoms with van der Waals surface area (Å²) in [5, 5.41) is 46.5. The molecule has 3 heterocycles. The molecule has 5 N–H and O–H groups in total. The Bertz CT molecular complexity index is 590. The number of carbonyl (C=O) groups is 1. The van der Waals surface area contributed by atoms with Gasteiger partial charge in [-0.15, -0.1) is 5.01 Å². The van der Waals surface area contributed by atoms with Crippen LogP contribution in [0.2, 0.25) is 0 Å². The van der Waals surface area contributed by atoms with Crippen LogP contribution < -0.4 is 15.1 Å². The lowest BCUT2D eigenvalue weighted by molar-refractivity contribution is -0.759. The number of ether oxygens (including phenoxy) is 2. The number of amides is 1. The third-order valence-corrected chi connectivity index (χ3v) is 4.13. The minimum Gasteiger partial charge on any atom is -0.394 e. The number of hydrogen-bond donors (Lipinski definition) is 5. The molecule has 0 aromatic carbocycles. The second-order valence-corrected chi connectivity index (χ2v) is 5.79. The van der Waals surface area contributed by atoms with Gasteiger partial charge in [0, 0.05) is 0 Å². The number of nitrogens with one attached hydrogen (secondary N) is 1. The lowest BCUT2D eigenvalue weighted by Crippen LogP contribution is -2.62. The summed E-state index contributed by atoms with van der Waals surface area (Å²) in [6.45, 7) is 1.70. The third-order valence-electron chi connectivity index (χ3n) is 4.13. The van der Waals surface area contributed by atoms with Crippen molar-refractivity contribution in [3.8, 4) is 0 Å². The lowest BCUT2D eigenvalue weighted by atomic mass is 9.95. The molecule has 0 spiro atoms. The first-order valence-corrected chi connectivity index (χ1v) is 7.84. The van der Waals surface area contributed by atoms with Gasteiger partial charge in [-0.3, -0.25) is 14.6 Å². The number of anilines is 1. The first-order chi connectivity index (χ1) is 12.0. The Morgan fingerprint density at radius 1 is 1.28 bits per heavy atom. The van der Waals surface area contributed by atoms with Crippen LogP contribution in [0.5, 0.6) is 0 Å². The number of aromatic nitrogens is 2. The van der Waals surface area contributed by atoms with Gasteiger partial charge >= 0.3 is 5.88 Å². The first-order valence-electron chi connectivity index (χ1n) is 7.84. The largest absolute Gasteiger partial charge is 0.394 e. The molecule has 1 aromatic rings. The molecular weight excluding hydrogens is 340 g/mol. The molecule has 0 aliphatic carbocycles. The van der Waals surface area contributed by atoms with E-state index in [4.69, 9.17) is 19.1 Å². The molecule has 2 saturated heterocycles. The molecule has 5 atom stereocenters. The SMILES string of the molecule is O=C(Nc1c[n+](N2CCOCC2)no1)[C@@H]1O[C@H](CO)[C@@H](O)[C@H](O)[C@H]1O. The van der Waals surface area contributed by atoms with E-state index in [0.717, 1.165) is 0 Å². The summed E-state index contributed by atoms with van der Waals surface area (Å²) in [5.74, 6) is -0.796. The maximum Gasteiger partial charge on any atom is 0.305 e. The summed E-state index contributed by atoms with van der Waals surface area (Å²) >= 11 is 0. The van der Waals surface area contributed by atoms with Crippen molar-refractivity contribution in [3.63, 3.8) is 0 Å². The van der Waals surface area contributed by atoms with Crippen molar-refractivity contribution in [3.05, 3.63) is 6.20 Å². The smallest absolute Gasteiger partial charge is 0.305 e. The average Bonchev–Trinajstić information content (AvgIpc) is 3.09. The number of aliphatic hydroxyl groups excluding tert-OH is 4. The highest BCUT2D eigenvalue weighted by molar-refractivity contribution is 5.93. The number of morpholine rings is 1. The van der Waals surface area contributed by atoms with E-state index in [2.05, 4.69) is 10.6 Å². The monoisotopic (exact) mass is 361 g/mol. The van der Waals surface area contributed by atoms with Crippen LogP contribution in [0.1, 0.15) is 0 Å². The predicted octanol–water partition coefficient (Wildman–Crippen LogP) is -4.29. The molecule has 12 nitrogen and oxygen atoms in total. The molecule has 12 heteroatoms. The van der Waals surface area contributed by atoms with Gasteiger partial charge in [0.2, 0.25) is 5.27 Å². The van der Waals surface area contributed by atoms with Gasteiger partial charge in [-0.2, -0.15) is 0 Å². The Labute approximate surface area is 142 Å². The van der Waals surface area contributed by atoms with Crippen molar-refractivity contribution in [2.45, 2.75) is 30.5 Å². The summed E-state index contributed by atoms with van der Waals surface area (Å²) in [7, 11) is 0. The van der Waals surface area contributed by atoms with Gasteiger partial charge in [-0.1, -0.05) is 0 Å². The fourth-order valence-corrected chi connectivity index (χ4v) is 2.70. The van der Waals surface area contributed by atoms with Gasteiger partial charge in [0.1, 0.15) is 24.4 Å². The van der Waals surface area contributed by atoms with Gasteiger partial charge < -0.3 is 29.9 Å². The van der Waals surface area contributed by atoms with E-state index in [1.54, 1.807) is 0 Å². The molecule has 25 heavy (non-hydrogen) atoms. The first kappa shape index (κ1) is 18.0. The van der Waals surface area contributed by atoms with Crippen LogP contribution in [0.25, 0.3) is 0 Å². The Balaban J connectivity index is 1.64. The zero-order valence-corrected chi connectivity index (χ0v) is 13.3. The van der Waals surface area contributed by atoms with E-state index in [-0.39, 0.29) is 5.88 Å². The predicted molar refractivity (Wildman–Crippen MR) is 77.9 cm³/mol. The van der Waals surface area contributed by atoms with Crippen LogP contribution in [-0.4, -0.2) is 95.0 Å². The molecule has 1 amide bonds.